The van der Waals surface area contributed by atoms with Gasteiger partial charge in [0.05, 0.1) is 11.4 Å². The average Bonchev–Trinajstić information content (AvgIpc) is 3.47. The van der Waals surface area contributed by atoms with Gasteiger partial charge in [0.25, 0.3) is 0 Å². The van der Waals surface area contributed by atoms with Crippen molar-refractivity contribution in [3.8, 4) is 11.5 Å². The van der Waals surface area contributed by atoms with Gasteiger partial charge < -0.3 is 13.9 Å². The van der Waals surface area contributed by atoms with Crippen LogP contribution < -0.4 is 4.80 Å². The Morgan fingerprint density at radius 2 is 2.00 bits per heavy atom. The van der Waals surface area contributed by atoms with Crippen LogP contribution in [0.3, 0.4) is 0 Å². The number of amides is 1. The molecule has 1 fully saturated rings. The maximum absolute atomic E-state index is 12.0. The lowest BCUT2D eigenvalue weighted by atomic mass is 10.2. The molecule has 1 saturated heterocycles. The van der Waals surface area contributed by atoms with E-state index in [2.05, 4.69) is 41.1 Å². The van der Waals surface area contributed by atoms with Crippen molar-refractivity contribution in [1.82, 2.24) is 9.47 Å². The number of nitrogens with zero attached hydrogens (tertiary/aromatic N) is 3. The van der Waals surface area contributed by atoms with E-state index in [1.165, 1.54) is 5.56 Å². The van der Waals surface area contributed by atoms with Crippen LogP contribution in [0.25, 0.3) is 22.4 Å². The summed E-state index contributed by atoms with van der Waals surface area (Å²) in [5.41, 5.74) is 4.05. The van der Waals surface area contributed by atoms with E-state index in [0.717, 1.165) is 65.4 Å². The fraction of sp³-hybridized carbons (Fsp3) is 0.280. The number of thiazole rings is 1. The van der Waals surface area contributed by atoms with Gasteiger partial charge in [0.1, 0.15) is 5.58 Å². The van der Waals surface area contributed by atoms with Crippen molar-refractivity contribution in [2.45, 2.75) is 32.7 Å². The van der Waals surface area contributed by atoms with Gasteiger partial charge >= 0.3 is 0 Å². The maximum Gasteiger partial charge on any atom is 0.222 e. The summed E-state index contributed by atoms with van der Waals surface area (Å²) in [4.78, 5) is 19.8. The lowest BCUT2D eigenvalue weighted by molar-refractivity contribution is -0.127. The predicted molar refractivity (Wildman–Crippen MR) is 124 cm³/mol. The van der Waals surface area contributed by atoms with Crippen LogP contribution in [0.2, 0.25) is 0 Å². The molecule has 0 radical (unpaired) electrons. The number of benzene rings is 2. The number of carbonyl (C=O) groups excluding carboxylic acids is 1. The minimum absolute atomic E-state index is 0.275. The Morgan fingerprint density at radius 3 is 2.81 bits per heavy atom. The van der Waals surface area contributed by atoms with Crippen molar-refractivity contribution in [3.63, 3.8) is 0 Å². The molecule has 1 aliphatic rings. The Balaban J connectivity index is 1.51. The number of para-hydroxylation sites is 1. The second-order valence-electron chi connectivity index (χ2n) is 7.99. The van der Waals surface area contributed by atoms with Gasteiger partial charge in [-0.2, -0.15) is 0 Å². The van der Waals surface area contributed by atoms with E-state index in [4.69, 9.17) is 9.41 Å². The number of aryl methyl sites for hydroxylation is 1. The smallest absolute Gasteiger partial charge is 0.222 e. The molecule has 1 amide bonds. The summed E-state index contributed by atoms with van der Waals surface area (Å²) < 4.78 is 8.38. The van der Waals surface area contributed by atoms with E-state index < -0.39 is 0 Å². The fourth-order valence-corrected chi connectivity index (χ4v) is 5.04. The number of likely N-dealkylation sites (tertiary alicyclic amines) is 1. The molecule has 158 valence electrons. The molecule has 0 N–H and O–H groups in total. The van der Waals surface area contributed by atoms with Crippen LogP contribution in [-0.4, -0.2) is 28.5 Å². The summed E-state index contributed by atoms with van der Waals surface area (Å²) in [5, 5.41) is 3.21. The molecular weight excluding hydrogens is 406 g/mol. The average molecular weight is 432 g/mol. The molecular formula is C25H25N3O2S. The molecule has 1 aliphatic heterocycles. The first-order chi connectivity index (χ1) is 15.2. The van der Waals surface area contributed by atoms with E-state index >= 15 is 0 Å². The number of hydrogen-bond acceptors (Lipinski definition) is 4. The Morgan fingerprint density at radius 1 is 1.10 bits per heavy atom. The summed E-state index contributed by atoms with van der Waals surface area (Å²) in [6.45, 7) is 4.52. The molecule has 0 aliphatic carbocycles. The van der Waals surface area contributed by atoms with Crippen LogP contribution in [0.15, 0.2) is 69.4 Å². The minimum atomic E-state index is 0.275. The molecule has 0 spiro atoms. The molecule has 0 unspecified atom stereocenters. The molecule has 6 heteroatoms. The van der Waals surface area contributed by atoms with Gasteiger partial charge in [-0.1, -0.05) is 30.3 Å². The third-order valence-electron chi connectivity index (χ3n) is 5.68. The zero-order valence-corrected chi connectivity index (χ0v) is 18.4. The number of rotatable bonds is 6. The van der Waals surface area contributed by atoms with E-state index in [1.54, 1.807) is 11.3 Å². The molecule has 2 aromatic carbocycles. The summed E-state index contributed by atoms with van der Waals surface area (Å²) in [7, 11) is 0. The second kappa shape index (κ2) is 8.55. The quantitative estimate of drug-likeness (QED) is 0.404. The van der Waals surface area contributed by atoms with Gasteiger partial charge in [0, 0.05) is 36.8 Å². The zero-order chi connectivity index (χ0) is 21.2. The molecule has 5 nitrogen and oxygen atoms in total. The number of furan rings is 1. The summed E-state index contributed by atoms with van der Waals surface area (Å²) in [6, 6.07) is 18.4. The standard InChI is InChI=1S/C25H25N3O2S/c1-18-7-4-9-20(15-18)26-25-28(14-6-13-27-12-5-11-24(27)29)21(17-31-25)23-16-19-8-2-3-10-22(19)30-23/h2-4,7-10,15-17H,5-6,11-14H2,1H3. The van der Waals surface area contributed by atoms with Crippen molar-refractivity contribution in [3.05, 3.63) is 70.3 Å². The molecule has 31 heavy (non-hydrogen) atoms. The third kappa shape index (κ3) is 4.21. The van der Waals surface area contributed by atoms with Crippen LogP contribution in [0.4, 0.5) is 5.69 Å². The third-order valence-corrected chi connectivity index (χ3v) is 6.55. The van der Waals surface area contributed by atoms with Gasteiger partial charge in [-0.3, -0.25) is 4.79 Å². The van der Waals surface area contributed by atoms with E-state index in [9.17, 15) is 4.79 Å². The van der Waals surface area contributed by atoms with E-state index in [-0.39, 0.29) is 5.91 Å². The van der Waals surface area contributed by atoms with Crippen molar-refractivity contribution in [2.75, 3.05) is 13.1 Å². The Labute approximate surface area is 185 Å². The topological polar surface area (TPSA) is 50.7 Å². The van der Waals surface area contributed by atoms with E-state index in [0.29, 0.717) is 6.42 Å². The molecule has 3 heterocycles. The molecule has 5 rings (SSSR count). The molecule has 0 saturated carbocycles. The van der Waals surface area contributed by atoms with Crippen LogP contribution >= 0.6 is 11.3 Å². The van der Waals surface area contributed by atoms with E-state index in [1.807, 2.05) is 35.2 Å². The molecule has 4 aromatic rings. The lowest BCUT2D eigenvalue weighted by Gasteiger charge is -2.16. The number of carbonyl (C=O) groups is 1. The minimum Gasteiger partial charge on any atom is -0.454 e. The second-order valence-corrected chi connectivity index (χ2v) is 8.83. The Bertz CT molecular complexity index is 1260. The predicted octanol–water partition coefficient (Wildman–Crippen LogP) is 5.52. The zero-order valence-electron chi connectivity index (χ0n) is 17.6. The highest BCUT2D eigenvalue weighted by molar-refractivity contribution is 7.07. The summed E-state index contributed by atoms with van der Waals surface area (Å²) >= 11 is 1.62. The van der Waals surface area contributed by atoms with Gasteiger partial charge in [-0.05, 0) is 49.6 Å². The van der Waals surface area contributed by atoms with Gasteiger partial charge in [-0.25, -0.2) is 4.99 Å². The highest BCUT2D eigenvalue weighted by atomic mass is 32.1. The highest BCUT2D eigenvalue weighted by Gasteiger charge is 2.20. The number of hydrogen-bond donors (Lipinski definition) is 0. The first kappa shape index (κ1) is 19.8. The van der Waals surface area contributed by atoms with Crippen LogP contribution in [0, 0.1) is 6.92 Å². The van der Waals surface area contributed by atoms with Gasteiger partial charge in [-0.15, -0.1) is 11.3 Å². The molecule has 0 bridgehead atoms. The van der Waals surface area contributed by atoms with Gasteiger partial charge in [0.15, 0.2) is 10.6 Å². The summed E-state index contributed by atoms with van der Waals surface area (Å²) in [5.74, 6) is 1.12. The van der Waals surface area contributed by atoms with Crippen molar-refractivity contribution < 1.29 is 9.21 Å². The Hall–Kier alpha value is -3.12. The SMILES string of the molecule is Cc1cccc(N=c2scc(-c3cc4ccccc4o3)n2CCCN2CCCC2=O)c1. The van der Waals surface area contributed by atoms with Crippen LogP contribution in [0.1, 0.15) is 24.8 Å². The molecule has 2 aromatic heterocycles. The number of fused-ring (bicyclic) bond motifs is 1. The fourth-order valence-electron chi connectivity index (χ4n) is 4.11. The van der Waals surface area contributed by atoms with Crippen LogP contribution in [-0.2, 0) is 11.3 Å². The van der Waals surface area contributed by atoms with Crippen LogP contribution in [0.5, 0.6) is 0 Å². The van der Waals surface area contributed by atoms with Crippen molar-refractivity contribution in [1.29, 1.82) is 0 Å². The monoisotopic (exact) mass is 431 g/mol. The normalized spacial score (nSPS) is 14.8. The van der Waals surface area contributed by atoms with Gasteiger partial charge in [0.2, 0.25) is 5.91 Å². The van der Waals surface area contributed by atoms with Crippen molar-refractivity contribution in [2.24, 2.45) is 4.99 Å². The molecule has 0 atom stereocenters. The lowest BCUT2D eigenvalue weighted by Crippen LogP contribution is -2.27. The first-order valence-corrected chi connectivity index (χ1v) is 11.6. The maximum atomic E-state index is 12.0. The summed E-state index contributed by atoms with van der Waals surface area (Å²) in [6.07, 6.45) is 2.54. The Kier molecular flexibility index (Phi) is 5.47. The van der Waals surface area contributed by atoms with Crippen molar-refractivity contribution >= 4 is 33.9 Å². The number of aromatic nitrogens is 1. The first-order valence-electron chi connectivity index (χ1n) is 10.7. The largest absolute Gasteiger partial charge is 0.454 e. The highest BCUT2D eigenvalue weighted by Crippen LogP contribution is 2.28.